The van der Waals surface area contributed by atoms with Crippen molar-refractivity contribution < 1.29 is 9.53 Å². The number of carbonyl (C=O) groups is 1. The third-order valence-electron chi connectivity index (χ3n) is 3.60. The minimum absolute atomic E-state index is 0.103. The lowest BCUT2D eigenvalue weighted by Crippen LogP contribution is -2.46. The van der Waals surface area contributed by atoms with Gasteiger partial charge >= 0.3 is 0 Å². The molecule has 1 aliphatic heterocycles. The Balaban J connectivity index is 2.01. The average molecular weight is 262 g/mol. The fourth-order valence-corrected chi connectivity index (χ4v) is 2.48. The van der Waals surface area contributed by atoms with Gasteiger partial charge < -0.3 is 9.64 Å². The number of benzene rings is 1. The second kappa shape index (κ2) is 6.06. The monoisotopic (exact) mass is 262 g/mol. The van der Waals surface area contributed by atoms with Crippen molar-refractivity contribution in [1.29, 1.82) is 0 Å². The van der Waals surface area contributed by atoms with E-state index in [0.29, 0.717) is 6.61 Å². The first-order valence-electron chi connectivity index (χ1n) is 6.93. The third-order valence-corrected chi connectivity index (χ3v) is 3.60. The van der Waals surface area contributed by atoms with Crippen LogP contribution >= 0.6 is 0 Å². The molecule has 1 heterocycles. The van der Waals surface area contributed by atoms with Crippen molar-refractivity contribution in [1.82, 2.24) is 10.2 Å². The predicted molar refractivity (Wildman–Crippen MR) is 75.2 cm³/mol. The zero-order chi connectivity index (χ0) is 13.8. The molecule has 104 valence electrons. The van der Waals surface area contributed by atoms with E-state index in [9.17, 15) is 4.79 Å². The molecule has 1 amide bonds. The van der Waals surface area contributed by atoms with E-state index in [1.54, 1.807) is 0 Å². The van der Waals surface area contributed by atoms with Gasteiger partial charge in [0.15, 0.2) is 0 Å². The molecule has 0 aromatic heterocycles. The Morgan fingerprint density at radius 3 is 2.79 bits per heavy atom. The molecule has 1 aromatic carbocycles. The van der Waals surface area contributed by atoms with Crippen molar-refractivity contribution >= 4 is 5.91 Å². The van der Waals surface area contributed by atoms with Gasteiger partial charge in [-0.1, -0.05) is 18.2 Å². The van der Waals surface area contributed by atoms with E-state index in [-0.39, 0.29) is 18.0 Å². The number of nitrogens with one attached hydrogen (secondary N) is 1. The highest BCUT2D eigenvalue weighted by atomic mass is 16.5. The van der Waals surface area contributed by atoms with Crippen LogP contribution in [0.5, 0.6) is 5.75 Å². The van der Waals surface area contributed by atoms with E-state index in [0.717, 1.165) is 24.4 Å². The molecule has 4 heteroatoms. The number of para-hydroxylation sites is 1. The number of hydrogen-bond donors (Lipinski definition) is 1. The first-order chi connectivity index (χ1) is 9.17. The first-order valence-corrected chi connectivity index (χ1v) is 6.93. The molecule has 2 atom stereocenters. The summed E-state index contributed by atoms with van der Waals surface area (Å²) >= 11 is 0. The molecular weight excluding hydrogens is 240 g/mol. The molecule has 4 nitrogen and oxygen atoms in total. The van der Waals surface area contributed by atoms with Gasteiger partial charge in [-0.25, -0.2) is 0 Å². The number of likely N-dealkylation sites (N-methyl/N-ethyl adjacent to an activating group) is 1. The summed E-state index contributed by atoms with van der Waals surface area (Å²) in [6, 6.07) is 7.89. The van der Waals surface area contributed by atoms with Crippen LogP contribution in [0.3, 0.4) is 0 Å². The van der Waals surface area contributed by atoms with Gasteiger partial charge in [0.25, 0.3) is 0 Å². The Morgan fingerprint density at radius 1 is 1.42 bits per heavy atom. The van der Waals surface area contributed by atoms with E-state index in [4.69, 9.17) is 4.74 Å². The van der Waals surface area contributed by atoms with Crippen LogP contribution in [0, 0.1) is 0 Å². The van der Waals surface area contributed by atoms with E-state index in [1.807, 2.05) is 43.9 Å². The number of amides is 1. The molecule has 0 fully saturated rings. The number of ether oxygens (including phenoxy) is 1. The van der Waals surface area contributed by atoms with Crippen LogP contribution in [0.15, 0.2) is 24.3 Å². The zero-order valence-electron chi connectivity index (χ0n) is 11.8. The first kappa shape index (κ1) is 13.9. The fraction of sp³-hybridized carbons (Fsp3) is 0.533. The molecule has 0 spiro atoms. The Bertz CT molecular complexity index is 444. The number of carbonyl (C=O) groups excluding carboxylic acids is 1. The molecular formula is C15H22N2O2. The molecule has 0 saturated heterocycles. The normalized spacial score (nSPS) is 18.6. The lowest BCUT2D eigenvalue weighted by molar-refractivity contribution is -0.132. The van der Waals surface area contributed by atoms with E-state index < -0.39 is 0 Å². The summed E-state index contributed by atoms with van der Waals surface area (Å²) in [5.41, 5.74) is 1.14. The van der Waals surface area contributed by atoms with Gasteiger partial charge in [0.2, 0.25) is 5.91 Å². The maximum absolute atomic E-state index is 12.2. The third kappa shape index (κ3) is 2.89. The Kier molecular flexibility index (Phi) is 4.43. The summed E-state index contributed by atoms with van der Waals surface area (Å²) in [6.45, 7) is 8.01. The minimum Gasteiger partial charge on any atom is -0.491 e. The van der Waals surface area contributed by atoms with Crippen LogP contribution in [0.2, 0.25) is 0 Å². The Hall–Kier alpha value is -1.55. The standard InChI is InChI=1S/C15H22N2O2/c1-4-17(5-2)15(18)11(3)16-13-10-19-14-9-7-6-8-12(13)14/h6-9,11,13,16H,4-5,10H2,1-3H3. The highest BCUT2D eigenvalue weighted by molar-refractivity contribution is 5.81. The quantitative estimate of drug-likeness (QED) is 0.882. The maximum atomic E-state index is 12.2. The van der Waals surface area contributed by atoms with Gasteiger partial charge in [-0.3, -0.25) is 10.1 Å². The maximum Gasteiger partial charge on any atom is 0.239 e. The van der Waals surface area contributed by atoms with Crippen LogP contribution in [0.1, 0.15) is 32.4 Å². The molecule has 19 heavy (non-hydrogen) atoms. The zero-order valence-corrected chi connectivity index (χ0v) is 11.8. The lowest BCUT2D eigenvalue weighted by Gasteiger charge is -2.25. The summed E-state index contributed by atoms with van der Waals surface area (Å²) in [5.74, 6) is 1.07. The molecule has 1 aliphatic rings. The molecule has 2 unspecified atom stereocenters. The lowest BCUT2D eigenvalue weighted by atomic mass is 10.1. The average Bonchev–Trinajstić information content (AvgIpc) is 2.83. The van der Waals surface area contributed by atoms with Gasteiger partial charge in [-0.15, -0.1) is 0 Å². The summed E-state index contributed by atoms with van der Waals surface area (Å²) in [7, 11) is 0. The molecule has 2 rings (SSSR count). The van der Waals surface area contributed by atoms with Crippen LogP contribution in [-0.4, -0.2) is 36.5 Å². The highest BCUT2D eigenvalue weighted by Gasteiger charge is 2.27. The minimum atomic E-state index is -0.195. The summed E-state index contributed by atoms with van der Waals surface area (Å²) in [4.78, 5) is 14.1. The number of fused-ring (bicyclic) bond motifs is 1. The Morgan fingerprint density at radius 2 is 2.11 bits per heavy atom. The molecule has 1 aromatic rings. The second-order valence-corrected chi connectivity index (χ2v) is 4.80. The van der Waals surface area contributed by atoms with Crippen molar-refractivity contribution in [2.24, 2.45) is 0 Å². The molecule has 0 radical (unpaired) electrons. The molecule has 1 N–H and O–H groups in total. The summed E-state index contributed by atoms with van der Waals surface area (Å²) in [6.07, 6.45) is 0. The van der Waals surface area contributed by atoms with E-state index in [1.165, 1.54) is 0 Å². The van der Waals surface area contributed by atoms with Crippen LogP contribution < -0.4 is 10.1 Å². The van der Waals surface area contributed by atoms with Crippen LogP contribution in [0.4, 0.5) is 0 Å². The summed E-state index contributed by atoms with van der Waals surface area (Å²) < 4.78 is 5.62. The van der Waals surface area contributed by atoms with Gasteiger partial charge in [-0.2, -0.15) is 0 Å². The second-order valence-electron chi connectivity index (χ2n) is 4.80. The van der Waals surface area contributed by atoms with Crippen LogP contribution in [0.25, 0.3) is 0 Å². The van der Waals surface area contributed by atoms with Crippen molar-refractivity contribution in [3.63, 3.8) is 0 Å². The molecule has 0 saturated carbocycles. The molecule has 0 aliphatic carbocycles. The molecule has 0 bridgehead atoms. The predicted octanol–water partition coefficient (Wildman–Crippen LogP) is 1.97. The Labute approximate surface area is 114 Å². The topological polar surface area (TPSA) is 41.6 Å². The van der Waals surface area contributed by atoms with Gasteiger partial charge in [0.1, 0.15) is 12.4 Å². The van der Waals surface area contributed by atoms with Gasteiger partial charge in [0, 0.05) is 18.7 Å². The van der Waals surface area contributed by atoms with Crippen LogP contribution in [-0.2, 0) is 4.79 Å². The van der Waals surface area contributed by atoms with E-state index in [2.05, 4.69) is 11.4 Å². The number of nitrogens with zero attached hydrogens (tertiary/aromatic N) is 1. The van der Waals surface area contributed by atoms with E-state index >= 15 is 0 Å². The van der Waals surface area contributed by atoms with Crippen molar-refractivity contribution in [2.45, 2.75) is 32.9 Å². The van der Waals surface area contributed by atoms with Crippen molar-refractivity contribution in [2.75, 3.05) is 19.7 Å². The fourth-order valence-electron chi connectivity index (χ4n) is 2.48. The van der Waals surface area contributed by atoms with Crippen molar-refractivity contribution in [3.8, 4) is 5.75 Å². The van der Waals surface area contributed by atoms with Gasteiger partial charge in [-0.05, 0) is 26.8 Å². The number of rotatable bonds is 5. The highest BCUT2D eigenvalue weighted by Crippen LogP contribution is 2.31. The number of hydrogen-bond acceptors (Lipinski definition) is 3. The largest absolute Gasteiger partial charge is 0.491 e. The SMILES string of the molecule is CCN(CC)C(=O)C(C)NC1COc2ccccc21. The summed E-state index contributed by atoms with van der Waals surface area (Å²) in [5, 5.41) is 3.37. The smallest absolute Gasteiger partial charge is 0.239 e. The van der Waals surface area contributed by atoms with Crippen molar-refractivity contribution in [3.05, 3.63) is 29.8 Å². The van der Waals surface area contributed by atoms with Gasteiger partial charge in [0.05, 0.1) is 12.1 Å².